The van der Waals surface area contributed by atoms with Gasteiger partial charge in [0.05, 0.1) is 23.0 Å². The number of benzene rings is 2. The minimum absolute atomic E-state index is 0.272. The van der Waals surface area contributed by atoms with E-state index in [9.17, 15) is 0 Å². The fraction of sp³-hybridized carbons (Fsp3) is 0.133. The van der Waals surface area contributed by atoms with Crippen molar-refractivity contribution in [3.63, 3.8) is 0 Å². The van der Waals surface area contributed by atoms with E-state index in [2.05, 4.69) is 16.7 Å². The molecule has 0 unspecified atom stereocenters. The molecule has 5 heteroatoms. The van der Waals surface area contributed by atoms with E-state index >= 15 is 0 Å². The lowest BCUT2D eigenvalue weighted by Crippen LogP contribution is -1.98. The summed E-state index contributed by atoms with van der Waals surface area (Å²) in [5.41, 5.74) is 4.59. The lowest BCUT2D eigenvalue weighted by atomic mass is 10.1. The normalized spacial score (nSPS) is 14.2. The first-order valence-electron chi connectivity index (χ1n) is 6.31. The van der Waals surface area contributed by atoms with Gasteiger partial charge in [0, 0.05) is 18.3 Å². The largest absolute Gasteiger partial charge is 0.454 e. The zero-order valence-corrected chi connectivity index (χ0v) is 10.6. The van der Waals surface area contributed by atoms with Gasteiger partial charge in [0.25, 0.3) is 0 Å². The van der Waals surface area contributed by atoms with Crippen LogP contribution in [0.4, 0.5) is 17.1 Å². The number of nitrogens with zero attached hydrogens (tertiary/aromatic N) is 1. The van der Waals surface area contributed by atoms with Gasteiger partial charge in [-0.25, -0.2) is 0 Å². The summed E-state index contributed by atoms with van der Waals surface area (Å²) in [5.74, 6) is 1.53. The van der Waals surface area contributed by atoms with E-state index in [4.69, 9.17) is 14.7 Å². The van der Waals surface area contributed by atoms with Gasteiger partial charge in [-0.1, -0.05) is 0 Å². The number of hydrogen-bond donors (Lipinski definition) is 2. The second-order valence-electron chi connectivity index (χ2n) is 4.71. The molecule has 2 N–H and O–H groups in total. The predicted octanol–water partition coefficient (Wildman–Crippen LogP) is 2.96. The van der Waals surface area contributed by atoms with Gasteiger partial charge in [-0.15, -0.1) is 0 Å². The summed E-state index contributed by atoms with van der Waals surface area (Å²) in [5, 5.41) is 15.7. The molecule has 0 spiro atoms. The van der Waals surface area contributed by atoms with E-state index in [1.165, 1.54) is 0 Å². The Morgan fingerprint density at radius 2 is 1.85 bits per heavy atom. The van der Waals surface area contributed by atoms with Crippen LogP contribution in [0.5, 0.6) is 11.5 Å². The van der Waals surface area contributed by atoms with Crippen LogP contribution in [0.15, 0.2) is 30.3 Å². The molecule has 0 saturated heterocycles. The molecule has 0 bridgehead atoms. The topological polar surface area (TPSA) is 66.3 Å². The van der Waals surface area contributed by atoms with Gasteiger partial charge in [-0.05, 0) is 29.8 Å². The van der Waals surface area contributed by atoms with Crippen molar-refractivity contribution in [2.45, 2.75) is 6.54 Å². The molecule has 0 atom stereocenters. The Hall–Kier alpha value is -2.87. The fourth-order valence-electron chi connectivity index (χ4n) is 2.45. The summed E-state index contributed by atoms with van der Waals surface area (Å²) < 4.78 is 10.8. The molecule has 4 rings (SSSR count). The van der Waals surface area contributed by atoms with Crippen molar-refractivity contribution in [1.29, 1.82) is 5.26 Å². The maximum atomic E-state index is 8.96. The Morgan fingerprint density at radius 3 is 2.70 bits per heavy atom. The fourth-order valence-corrected chi connectivity index (χ4v) is 2.45. The summed E-state index contributed by atoms with van der Waals surface area (Å²) in [6.07, 6.45) is 0. The highest BCUT2D eigenvalue weighted by Gasteiger charge is 2.20. The highest BCUT2D eigenvalue weighted by atomic mass is 16.7. The molecular weight excluding hydrogens is 254 g/mol. The summed E-state index contributed by atoms with van der Waals surface area (Å²) in [6.45, 7) is 0.939. The lowest BCUT2D eigenvalue weighted by molar-refractivity contribution is 0.174. The molecular formula is C15H11N3O2. The third-order valence-electron chi connectivity index (χ3n) is 3.49. The summed E-state index contributed by atoms with van der Waals surface area (Å²) in [7, 11) is 0. The Balaban J connectivity index is 1.79. The van der Waals surface area contributed by atoms with Crippen molar-refractivity contribution in [2.24, 2.45) is 0 Å². The number of anilines is 3. The van der Waals surface area contributed by atoms with Crippen LogP contribution in [0.3, 0.4) is 0 Å². The van der Waals surface area contributed by atoms with Gasteiger partial charge in [0.15, 0.2) is 11.5 Å². The van der Waals surface area contributed by atoms with E-state index in [0.717, 1.165) is 34.1 Å². The van der Waals surface area contributed by atoms with Gasteiger partial charge < -0.3 is 20.1 Å². The van der Waals surface area contributed by atoms with E-state index in [1.54, 1.807) is 6.07 Å². The number of rotatable bonds is 0. The molecule has 0 radical (unpaired) electrons. The standard InChI is InChI=1S/C15H11N3O2/c16-6-9-1-2-11-13(3-9)17-7-10-4-14-15(20-8-19-14)5-12(10)18-11/h1-5,17-18H,7-8H2. The van der Waals surface area contributed by atoms with Crippen LogP contribution < -0.4 is 20.1 Å². The van der Waals surface area contributed by atoms with Crippen LogP contribution >= 0.6 is 0 Å². The van der Waals surface area contributed by atoms with Crippen molar-refractivity contribution in [3.05, 3.63) is 41.5 Å². The second-order valence-corrected chi connectivity index (χ2v) is 4.71. The lowest BCUT2D eigenvalue weighted by Gasteiger charge is -2.09. The molecule has 98 valence electrons. The van der Waals surface area contributed by atoms with E-state index < -0.39 is 0 Å². The molecule has 5 nitrogen and oxygen atoms in total. The maximum absolute atomic E-state index is 8.96. The van der Waals surface area contributed by atoms with Gasteiger partial charge >= 0.3 is 0 Å². The van der Waals surface area contributed by atoms with Crippen LogP contribution in [-0.2, 0) is 6.54 Å². The molecule has 0 aromatic heterocycles. The van der Waals surface area contributed by atoms with Crippen LogP contribution in [0.1, 0.15) is 11.1 Å². The van der Waals surface area contributed by atoms with Crippen molar-refractivity contribution < 1.29 is 9.47 Å². The Bertz CT molecular complexity index is 750. The first-order valence-corrected chi connectivity index (χ1v) is 6.31. The number of ether oxygens (including phenoxy) is 2. The smallest absolute Gasteiger partial charge is 0.231 e. The zero-order valence-electron chi connectivity index (χ0n) is 10.6. The molecule has 0 fully saturated rings. The Morgan fingerprint density at radius 1 is 1.00 bits per heavy atom. The molecule has 2 heterocycles. The predicted molar refractivity (Wildman–Crippen MR) is 74.3 cm³/mol. The summed E-state index contributed by atoms with van der Waals surface area (Å²) in [4.78, 5) is 0. The monoisotopic (exact) mass is 265 g/mol. The first-order chi connectivity index (χ1) is 9.83. The van der Waals surface area contributed by atoms with Crippen molar-refractivity contribution in [2.75, 3.05) is 17.4 Å². The quantitative estimate of drug-likeness (QED) is 0.766. The highest BCUT2D eigenvalue weighted by Crippen LogP contribution is 2.40. The van der Waals surface area contributed by atoms with Crippen LogP contribution in [-0.4, -0.2) is 6.79 Å². The molecule has 0 aliphatic carbocycles. The molecule has 20 heavy (non-hydrogen) atoms. The zero-order chi connectivity index (χ0) is 13.5. The van der Waals surface area contributed by atoms with Crippen molar-refractivity contribution >= 4 is 17.1 Å². The van der Waals surface area contributed by atoms with Crippen molar-refractivity contribution in [3.8, 4) is 17.6 Å². The van der Waals surface area contributed by atoms with Crippen LogP contribution in [0.2, 0.25) is 0 Å². The molecule has 2 aliphatic heterocycles. The third-order valence-corrected chi connectivity index (χ3v) is 3.49. The van der Waals surface area contributed by atoms with Crippen LogP contribution in [0, 0.1) is 11.3 Å². The van der Waals surface area contributed by atoms with E-state index in [1.807, 2.05) is 24.3 Å². The summed E-state index contributed by atoms with van der Waals surface area (Å²) >= 11 is 0. The average Bonchev–Trinajstić information content (AvgIpc) is 2.85. The summed E-state index contributed by atoms with van der Waals surface area (Å²) in [6, 6.07) is 11.6. The third kappa shape index (κ3) is 1.62. The molecule has 2 aromatic rings. The number of hydrogen-bond acceptors (Lipinski definition) is 5. The number of fused-ring (bicyclic) bond motifs is 3. The van der Waals surface area contributed by atoms with Crippen molar-refractivity contribution in [1.82, 2.24) is 0 Å². The molecule has 0 saturated carbocycles. The minimum Gasteiger partial charge on any atom is -0.454 e. The first kappa shape index (κ1) is 11.0. The van der Waals surface area contributed by atoms with Gasteiger partial charge in [0.2, 0.25) is 6.79 Å². The van der Waals surface area contributed by atoms with Gasteiger partial charge in [-0.3, -0.25) is 0 Å². The van der Waals surface area contributed by atoms with Gasteiger partial charge in [-0.2, -0.15) is 5.26 Å². The highest BCUT2D eigenvalue weighted by molar-refractivity contribution is 5.80. The average molecular weight is 265 g/mol. The molecule has 2 aromatic carbocycles. The number of nitrogens with one attached hydrogen (secondary N) is 2. The second kappa shape index (κ2) is 4.07. The minimum atomic E-state index is 0.272. The Kier molecular flexibility index (Phi) is 2.24. The van der Waals surface area contributed by atoms with E-state index in [0.29, 0.717) is 12.1 Å². The van der Waals surface area contributed by atoms with E-state index in [-0.39, 0.29) is 6.79 Å². The van der Waals surface area contributed by atoms with Gasteiger partial charge in [0.1, 0.15) is 0 Å². The van der Waals surface area contributed by atoms with Crippen LogP contribution in [0.25, 0.3) is 0 Å². The maximum Gasteiger partial charge on any atom is 0.231 e. The molecule has 0 amide bonds. The SMILES string of the molecule is N#Cc1ccc2c(c1)NCc1cc3c(cc1N2)OCO3. The molecule has 2 aliphatic rings. The number of nitriles is 1. The Labute approximate surface area is 115 Å².